The molecule has 0 amide bonds. The summed E-state index contributed by atoms with van der Waals surface area (Å²) in [5, 5.41) is 3.43. The Morgan fingerprint density at radius 2 is 2.05 bits per heavy atom. The van der Waals surface area contributed by atoms with Gasteiger partial charge in [-0.2, -0.15) is 0 Å². The summed E-state index contributed by atoms with van der Waals surface area (Å²) in [6.07, 6.45) is 6.81. The molecule has 1 aliphatic carbocycles. The van der Waals surface area contributed by atoms with Gasteiger partial charge < -0.3 is 14.8 Å². The van der Waals surface area contributed by atoms with Crippen LogP contribution in [0.1, 0.15) is 43.7 Å². The van der Waals surface area contributed by atoms with E-state index in [9.17, 15) is 0 Å². The molecule has 2 aliphatic rings. The predicted molar refractivity (Wildman–Crippen MR) is 75.8 cm³/mol. The lowest BCUT2D eigenvalue weighted by atomic mass is 9.89. The van der Waals surface area contributed by atoms with Gasteiger partial charge in [0.05, 0.1) is 7.11 Å². The molecule has 0 aromatic heterocycles. The van der Waals surface area contributed by atoms with Gasteiger partial charge >= 0.3 is 0 Å². The molecule has 104 valence electrons. The molecule has 1 aromatic carbocycles. The number of hydrogen-bond donors (Lipinski definition) is 1. The van der Waals surface area contributed by atoms with Crippen LogP contribution in [0.4, 0.5) is 0 Å². The minimum atomic E-state index is 0.361. The van der Waals surface area contributed by atoms with Crippen LogP contribution in [0.15, 0.2) is 18.2 Å². The fourth-order valence-corrected chi connectivity index (χ4v) is 3.49. The highest BCUT2D eigenvalue weighted by atomic mass is 16.5. The summed E-state index contributed by atoms with van der Waals surface area (Å²) >= 11 is 0. The van der Waals surface area contributed by atoms with Crippen molar-refractivity contribution in [3.63, 3.8) is 0 Å². The van der Waals surface area contributed by atoms with E-state index in [4.69, 9.17) is 9.47 Å². The van der Waals surface area contributed by atoms with Crippen molar-refractivity contribution in [1.29, 1.82) is 0 Å². The van der Waals surface area contributed by atoms with Gasteiger partial charge in [-0.15, -0.1) is 0 Å². The van der Waals surface area contributed by atoms with Gasteiger partial charge in [-0.3, -0.25) is 0 Å². The van der Waals surface area contributed by atoms with Crippen LogP contribution in [-0.2, 0) is 0 Å². The van der Waals surface area contributed by atoms with Crippen LogP contribution >= 0.6 is 0 Å². The molecule has 1 aliphatic heterocycles. The molecule has 1 heterocycles. The second-order valence-corrected chi connectivity index (χ2v) is 5.68. The third-order valence-corrected chi connectivity index (χ3v) is 4.62. The summed E-state index contributed by atoms with van der Waals surface area (Å²) in [4.78, 5) is 0. The average molecular weight is 261 g/mol. The Bertz CT molecular complexity index is 440. The van der Waals surface area contributed by atoms with Crippen molar-refractivity contribution in [2.45, 2.75) is 44.2 Å². The maximum atomic E-state index is 6.27. The van der Waals surface area contributed by atoms with E-state index in [-0.39, 0.29) is 0 Å². The maximum absolute atomic E-state index is 6.27. The fourth-order valence-electron chi connectivity index (χ4n) is 3.49. The summed E-state index contributed by atoms with van der Waals surface area (Å²) in [5.74, 6) is 2.61. The molecule has 0 bridgehead atoms. The van der Waals surface area contributed by atoms with Gasteiger partial charge in [0, 0.05) is 24.1 Å². The van der Waals surface area contributed by atoms with E-state index in [0.29, 0.717) is 12.1 Å². The number of benzene rings is 1. The van der Waals surface area contributed by atoms with Crippen LogP contribution in [0.25, 0.3) is 0 Å². The van der Waals surface area contributed by atoms with Crippen LogP contribution < -0.4 is 14.8 Å². The number of rotatable bonds is 3. The van der Waals surface area contributed by atoms with Gasteiger partial charge in [0.25, 0.3) is 0 Å². The molecule has 1 saturated carbocycles. The first-order valence-electron chi connectivity index (χ1n) is 7.33. The van der Waals surface area contributed by atoms with E-state index in [1.165, 1.54) is 31.2 Å². The monoisotopic (exact) mass is 261 g/mol. The lowest BCUT2D eigenvalue weighted by molar-refractivity contribution is 0.0959. The van der Waals surface area contributed by atoms with E-state index in [1.807, 2.05) is 19.2 Å². The lowest BCUT2D eigenvalue weighted by Crippen LogP contribution is -2.35. The van der Waals surface area contributed by atoms with Crippen molar-refractivity contribution >= 4 is 0 Å². The molecule has 19 heavy (non-hydrogen) atoms. The molecule has 3 nitrogen and oxygen atoms in total. The highest BCUT2D eigenvalue weighted by molar-refractivity contribution is 5.44. The predicted octanol–water partition coefficient (Wildman–Crippen LogP) is 3.30. The molecule has 2 unspecified atom stereocenters. The van der Waals surface area contributed by atoms with E-state index in [2.05, 4.69) is 11.4 Å². The Morgan fingerprint density at radius 3 is 2.74 bits per heavy atom. The molecule has 1 aromatic rings. The summed E-state index contributed by atoms with van der Waals surface area (Å²) in [6.45, 7) is 0. The highest BCUT2D eigenvalue weighted by Gasteiger charge is 2.34. The lowest BCUT2D eigenvalue weighted by Gasteiger charge is -2.35. The molecule has 3 rings (SSSR count). The van der Waals surface area contributed by atoms with Crippen molar-refractivity contribution in [2.75, 3.05) is 14.2 Å². The van der Waals surface area contributed by atoms with Crippen LogP contribution in [0.2, 0.25) is 0 Å². The molecule has 0 spiro atoms. The van der Waals surface area contributed by atoms with Gasteiger partial charge in [0.15, 0.2) is 0 Å². The van der Waals surface area contributed by atoms with Crippen molar-refractivity contribution in [3.05, 3.63) is 23.8 Å². The smallest absolute Gasteiger partial charge is 0.128 e. The Morgan fingerprint density at radius 1 is 1.26 bits per heavy atom. The summed E-state index contributed by atoms with van der Waals surface area (Å²) < 4.78 is 11.6. The second-order valence-electron chi connectivity index (χ2n) is 5.68. The van der Waals surface area contributed by atoms with E-state index < -0.39 is 0 Å². The summed E-state index contributed by atoms with van der Waals surface area (Å²) in [6, 6.07) is 6.57. The van der Waals surface area contributed by atoms with Gasteiger partial charge in [0.2, 0.25) is 0 Å². The SMILES string of the molecule is CNC1CC(C2CCCC2)Oc2cc(OC)ccc21. The zero-order chi connectivity index (χ0) is 13.2. The first-order valence-corrected chi connectivity index (χ1v) is 7.33. The minimum absolute atomic E-state index is 0.361. The average Bonchev–Trinajstić information content (AvgIpc) is 2.99. The van der Waals surface area contributed by atoms with E-state index in [0.717, 1.165) is 23.8 Å². The molecule has 3 heteroatoms. The van der Waals surface area contributed by atoms with Crippen molar-refractivity contribution in [1.82, 2.24) is 5.32 Å². The van der Waals surface area contributed by atoms with Gasteiger partial charge in [-0.25, -0.2) is 0 Å². The zero-order valence-corrected chi connectivity index (χ0v) is 11.8. The maximum Gasteiger partial charge on any atom is 0.128 e. The van der Waals surface area contributed by atoms with Crippen LogP contribution in [0, 0.1) is 5.92 Å². The van der Waals surface area contributed by atoms with E-state index >= 15 is 0 Å². The molecule has 2 atom stereocenters. The van der Waals surface area contributed by atoms with Gasteiger partial charge in [-0.1, -0.05) is 18.9 Å². The van der Waals surface area contributed by atoms with Crippen molar-refractivity contribution in [2.24, 2.45) is 5.92 Å². The van der Waals surface area contributed by atoms with Crippen LogP contribution in [0.5, 0.6) is 11.5 Å². The number of fused-ring (bicyclic) bond motifs is 1. The quantitative estimate of drug-likeness (QED) is 0.905. The molecule has 0 saturated heterocycles. The minimum Gasteiger partial charge on any atom is -0.497 e. The fraction of sp³-hybridized carbons (Fsp3) is 0.625. The Balaban J connectivity index is 1.87. The largest absolute Gasteiger partial charge is 0.497 e. The van der Waals surface area contributed by atoms with Gasteiger partial charge in [-0.05, 0) is 31.9 Å². The number of ether oxygens (including phenoxy) is 2. The summed E-state index contributed by atoms with van der Waals surface area (Å²) in [5.41, 5.74) is 1.26. The molecule has 0 radical (unpaired) electrons. The topological polar surface area (TPSA) is 30.5 Å². The first kappa shape index (κ1) is 12.8. The Labute approximate surface area is 115 Å². The standard InChI is InChI=1S/C16H23NO2/c1-17-14-10-15(11-5-3-4-6-11)19-16-9-12(18-2)7-8-13(14)16/h7-9,11,14-15,17H,3-6,10H2,1-2H3. The zero-order valence-electron chi connectivity index (χ0n) is 11.8. The first-order chi connectivity index (χ1) is 9.31. The summed E-state index contributed by atoms with van der Waals surface area (Å²) in [7, 11) is 3.74. The molecule has 1 fully saturated rings. The molecule has 1 N–H and O–H groups in total. The second kappa shape index (κ2) is 5.41. The van der Waals surface area contributed by atoms with Crippen molar-refractivity contribution < 1.29 is 9.47 Å². The number of methoxy groups -OCH3 is 1. The number of nitrogens with one attached hydrogen (secondary N) is 1. The van der Waals surface area contributed by atoms with Crippen molar-refractivity contribution in [3.8, 4) is 11.5 Å². The Kier molecular flexibility index (Phi) is 3.65. The van der Waals surface area contributed by atoms with E-state index in [1.54, 1.807) is 7.11 Å². The molecular formula is C16H23NO2. The molecular weight excluding hydrogens is 238 g/mol. The third kappa shape index (κ3) is 2.44. The Hall–Kier alpha value is -1.22. The number of hydrogen-bond acceptors (Lipinski definition) is 3. The van der Waals surface area contributed by atoms with Crippen LogP contribution in [0.3, 0.4) is 0 Å². The van der Waals surface area contributed by atoms with Gasteiger partial charge in [0.1, 0.15) is 17.6 Å². The normalized spacial score (nSPS) is 26.8. The van der Waals surface area contributed by atoms with Crippen LogP contribution in [-0.4, -0.2) is 20.3 Å². The highest BCUT2D eigenvalue weighted by Crippen LogP contribution is 2.42. The third-order valence-electron chi connectivity index (χ3n) is 4.62.